The van der Waals surface area contributed by atoms with Crippen molar-refractivity contribution in [3.05, 3.63) is 69.1 Å². The number of nitrogens with zero attached hydrogens (tertiary/aromatic N) is 1. The molecule has 0 fully saturated rings. The third-order valence-corrected chi connectivity index (χ3v) is 4.65. The van der Waals surface area contributed by atoms with Gasteiger partial charge in [-0.1, -0.05) is 12.1 Å². The molecule has 0 bridgehead atoms. The number of nitro groups is 1. The quantitative estimate of drug-likeness (QED) is 0.511. The first-order valence-electron chi connectivity index (χ1n) is 7.42. The van der Waals surface area contributed by atoms with Crippen molar-refractivity contribution in [3.63, 3.8) is 0 Å². The van der Waals surface area contributed by atoms with E-state index in [1.54, 1.807) is 24.3 Å². The second kappa shape index (κ2) is 7.44. The molecule has 0 saturated heterocycles. The number of non-ortho nitro benzene ring substituents is 1. The Kier molecular flexibility index (Phi) is 5.08. The number of rotatable bonds is 6. The van der Waals surface area contributed by atoms with E-state index in [0.717, 1.165) is 10.3 Å². The molecular weight excluding hydrogens is 366 g/mol. The van der Waals surface area contributed by atoms with E-state index < -0.39 is 11.5 Å². The number of fused-ring (bicyclic) bond motifs is 1. The predicted octanol–water partition coefficient (Wildman–Crippen LogP) is 4.34. The summed E-state index contributed by atoms with van der Waals surface area (Å²) in [5.74, 6) is -0.275. The van der Waals surface area contributed by atoms with Crippen LogP contribution in [0.2, 0.25) is 0 Å². The third kappa shape index (κ3) is 4.12. The third-order valence-electron chi connectivity index (χ3n) is 3.54. The van der Waals surface area contributed by atoms with Gasteiger partial charge in [-0.2, -0.15) is 8.78 Å². The number of alkyl halides is 2. The number of amides is 1. The van der Waals surface area contributed by atoms with Crippen LogP contribution in [-0.2, 0) is 6.54 Å². The van der Waals surface area contributed by atoms with Gasteiger partial charge >= 0.3 is 6.61 Å². The highest BCUT2D eigenvalue weighted by Gasteiger charge is 2.13. The number of ether oxygens (including phenoxy) is 1. The highest BCUT2D eigenvalue weighted by atomic mass is 32.1. The molecule has 0 unspecified atom stereocenters. The van der Waals surface area contributed by atoms with E-state index in [0.29, 0.717) is 10.3 Å². The zero-order chi connectivity index (χ0) is 18.7. The second-order valence-electron chi connectivity index (χ2n) is 5.30. The Morgan fingerprint density at radius 2 is 1.92 bits per heavy atom. The summed E-state index contributed by atoms with van der Waals surface area (Å²) in [5, 5.41) is 14.2. The Balaban J connectivity index is 1.66. The number of hydrogen-bond acceptors (Lipinski definition) is 5. The summed E-state index contributed by atoms with van der Waals surface area (Å²) in [6.07, 6.45) is 0. The van der Waals surface area contributed by atoms with Crippen molar-refractivity contribution in [2.75, 3.05) is 0 Å². The lowest BCUT2D eigenvalue weighted by Crippen LogP contribution is -2.21. The number of carbonyl (C=O) groups excluding carboxylic acids is 1. The SMILES string of the molecule is O=C(NCc1ccc(OC(F)F)cc1)c1cc2cc([N+](=O)[O-])ccc2s1. The van der Waals surface area contributed by atoms with Gasteiger partial charge in [-0.25, -0.2) is 0 Å². The molecule has 0 aliphatic carbocycles. The largest absolute Gasteiger partial charge is 0.435 e. The summed E-state index contributed by atoms with van der Waals surface area (Å²) in [6.45, 7) is -2.67. The fourth-order valence-corrected chi connectivity index (χ4v) is 3.27. The maximum absolute atomic E-state index is 12.3. The summed E-state index contributed by atoms with van der Waals surface area (Å²) in [4.78, 5) is 23.0. The molecule has 0 saturated carbocycles. The van der Waals surface area contributed by atoms with E-state index in [-0.39, 0.29) is 23.9 Å². The topological polar surface area (TPSA) is 81.5 Å². The van der Waals surface area contributed by atoms with E-state index in [4.69, 9.17) is 0 Å². The Labute approximate surface area is 150 Å². The van der Waals surface area contributed by atoms with Crippen molar-refractivity contribution in [2.45, 2.75) is 13.2 Å². The van der Waals surface area contributed by atoms with E-state index in [9.17, 15) is 23.7 Å². The van der Waals surface area contributed by atoms with Crippen molar-refractivity contribution in [3.8, 4) is 5.75 Å². The Hall–Kier alpha value is -3.07. The van der Waals surface area contributed by atoms with Crippen LogP contribution < -0.4 is 10.1 Å². The van der Waals surface area contributed by atoms with Crippen LogP contribution in [0.4, 0.5) is 14.5 Å². The minimum atomic E-state index is -2.88. The van der Waals surface area contributed by atoms with E-state index in [1.165, 1.54) is 35.6 Å². The molecule has 9 heteroatoms. The molecule has 6 nitrogen and oxygen atoms in total. The lowest BCUT2D eigenvalue weighted by Gasteiger charge is -2.06. The highest BCUT2D eigenvalue weighted by molar-refractivity contribution is 7.20. The molecule has 1 aromatic heterocycles. The van der Waals surface area contributed by atoms with Crippen LogP contribution in [-0.4, -0.2) is 17.4 Å². The van der Waals surface area contributed by atoms with Crippen LogP contribution >= 0.6 is 11.3 Å². The van der Waals surface area contributed by atoms with Crippen molar-refractivity contribution in [1.82, 2.24) is 5.32 Å². The van der Waals surface area contributed by atoms with Crippen LogP contribution in [0.25, 0.3) is 10.1 Å². The van der Waals surface area contributed by atoms with Gasteiger partial charge in [0.15, 0.2) is 0 Å². The summed E-state index contributed by atoms with van der Waals surface area (Å²) in [6, 6.07) is 12.0. The lowest BCUT2D eigenvalue weighted by molar-refractivity contribution is -0.384. The zero-order valence-corrected chi connectivity index (χ0v) is 14.0. The lowest BCUT2D eigenvalue weighted by atomic mass is 10.2. The number of benzene rings is 2. The number of hydrogen-bond donors (Lipinski definition) is 1. The van der Waals surface area contributed by atoms with Gasteiger partial charge in [-0.05, 0) is 29.8 Å². The number of halogens is 2. The number of nitro benzene ring substituents is 1. The molecule has 0 atom stereocenters. The van der Waals surface area contributed by atoms with Crippen molar-refractivity contribution >= 4 is 33.0 Å². The average molecular weight is 378 g/mol. The zero-order valence-electron chi connectivity index (χ0n) is 13.1. The maximum Gasteiger partial charge on any atom is 0.387 e. The van der Waals surface area contributed by atoms with Crippen molar-refractivity contribution < 1.29 is 23.2 Å². The molecule has 1 heterocycles. The van der Waals surface area contributed by atoms with Crippen LogP contribution in [0.15, 0.2) is 48.5 Å². The Morgan fingerprint density at radius 1 is 1.19 bits per heavy atom. The smallest absolute Gasteiger partial charge is 0.387 e. The minimum absolute atomic E-state index is 0.0339. The van der Waals surface area contributed by atoms with E-state index >= 15 is 0 Å². The molecule has 2 aromatic carbocycles. The molecule has 1 amide bonds. The van der Waals surface area contributed by atoms with Gasteiger partial charge in [-0.3, -0.25) is 14.9 Å². The predicted molar refractivity (Wildman–Crippen MR) is 92.7 cm³/mol. The standard InChI is InChI=1S/C17H12F2N2O4S/c18-17(19)25-13-4-1-10(2-5-13)9-20-16(22)15-8-11-7-12(21(23)24)3-6-14(11)26-15/h1-8,17H,9H2,(H,20,22). The van der Waals surface area contributed by atoms with Gasteiger partial charge < -0.3 is 10.1 Å². The number of carbonyl (C=O) groups is 1. The van der Waals surface area contributed by atoms with Crippen LogP contribution in [0.1, 0.15) is 15.2 Å². The highest BCUT2D eigenvalue weighted by Crippen LogP contribution is 2.29. The van der Waals surface area contributed by atoms with Crippen LogP contribution in [0.3, 0.4) is 0 Å². The maximum atomic E-state index is 12.3. The molecule has 134 valence electrons. The summed E-state index contributed by atoms with van der Waals surface area (Å²) in [5.41, 5.74) is 0.685. The molecule has 1 N–H and O–H groups in total. The molecule has 0 aliphatic heterocycles. The molecular formula is C17H12F2N2O4S. The minimum Gasteiger partial charge on any atom is -0.435 e. The number of nitrogens with one attached hydrogen (secondary N) is 1. The van der Waals surface area contributed by atoms with Crippen LogP contribution in [0, 0.1) is 10.1 Å². The molecule has 0 spiro atoms. The van der Waals surface area contributed by atoms with E-state index in [1.807, 2.05) is 0 Å². The Bertz CT molecular complexity index is 957. The molecule has 0 aliphatic rings. The van der Waals surface area contributed by atoms with Crippen molar-refractivity contribution in [1.29, 1.82) is 0 Å². The van der Waals surface area contributed by atoms with Gasteiger partial charge in [0.2, 0.25) is 0 Å². The van der Waals surface area contributed by atoms with Gasteiger partial charge in [-0.15, -0.1) is 11.3 Å². The first-order valence-corrected chi connectivity index (χ1v) is 8.24. The Morgan fingerprint density at radius 3 is 2.58 bits per heavy atom. The van der Waals surface area contributed by atoms with Crippen molar-refractivity contribution in [2.24, 2.45) is 0 Å². The molecule has 3 rings (SSSR count). The van der Waals surface area contributed by atoms with Gasteiger partial charge in [0.05, 0.1) is 9.80 Å². The molecule has 3 aromatic rings. The van der Waals surface area contributed by atoms with Gasteiger partial charge in [0, 0.05) is 28.8 Å². The van der Waals surface area contributed by atoms with Gasteiger partial charge in [0.1, 0.15) is 5.75 Å². The van der Waals surface area contributed by atoms with Crippen LogP contribution in [0.5, 0.6) is 5.75 Å². The monoisotopic (exact) mass is 378 g/mol. The summed E-state index contributed by atoms with van der Waals surface area (Å²) < 4.78 is 29.2. The second-order valence-corrected chi connectivity index (χ2v) is 6.38. The van der Waals surface area contributed by atoms with E-state index in [2.05, 4.69) is 10.1 Å². The first kappa shape index (κ1) is 17.7. The summed E-state index contributed by atoms with van der Waals surface area (Å²) in [7, 11) is 0. The molecule has 0 radical (unpaired) electrons. The fraction of sp³-hybridized carbons (Fsp3) is 0.118. The average Bonchev–Trinajstić information content (AvgIpc) is 3.03. The first-order chi connectivity index (χ1) is 12.4. The van der Waals surface area contributed by atoms with Gasteiger partial charge in [0.25, 0.3) is 11.6 Å². The fourth-order valence-electron chi connectivity index (χ4n) is 2.31. The summed E-state index contributed by atoms with van der Waals surface area (Å²) >= 11 is 1.23. The molecule has 26 heavy (non-hydrogen) atoms. The normalized spacial score (nSPS) is 10.9. The number of thiophene rings is 1.